The number of benzene rings is 1. The van der Waals surface area contributed by atoms with E-state index in [1.165, 1.54) is 19.2 Å². The minimum Gasteiger partial charge on any atom is -0.469 e. The third kappa shape index (κ3) is 2.06. The summed E-state index contributed by atoms with van der Waals surface area (Å²) in [5.41, 5.74) is 0.381. The van der Waals surface area contributed by atoms with Crippen LogP contribution in [-0.2, 0) is 19.2 Å². The van der Waals surface area contributed by atoms with Crippen LogP contribution in [0.25, 0.3) is 0 Å². The molecule has 0 aromatic heterocycles. The molecule has 0 spiro atoms. The highest BCUT2D eigenvalue weighted by Gasteiger charge is 2.52. The number of rotatable bonds is 3. The molecule has 0 bridgehead atoms. The third-order valence-electron chi connectivity index (χ3n) is 3.54. The molecule has 1 heterocycles. The number of carbonyl (C=O) groups excluding carboxylic acids is 4. The summed E-state index contributed by atoms with van der Waals surface area (Å²) in [6.45, 7) is 0. The first kappa shape index (κ1) is 13.3. The van der Waals surface area contributed by atoms with Gasteiger partial charge in [-0.25, -0.2) is 4.79 Å². The van der Waals surface area contributed by atoms with Crippen molar-refractivity contribution < 1.29 is 28.8 Å². The molecule has 0 unspecified atom stereocenters. The summed E-state index contributed by atoms with van der Waals surface area (Å²) in [4.78, 5) is 52.0. The van der Waals surface area contributed by atoms with Gasteiger partial charge in [0.05, 0.1) is 30.1 Å². The van der Waals surface area contributed by atoms with Gasteiger partial charge in [0.15, 0.2) is 0 Å². The standard InChI is InChI=1S/C14H11NO6/c1-20-13(18)9-6-10(9)14(19)21-15-11(16)7-4-2-3-5-8(7)12(15)17/h2-5,9-10H,6H2,1H3/t9-,10+/m0/s1. The average molecular weight is 289 g/mol. The lowest BCUT2D eigenvalue weighted by Crippen LogP contribution is -2.33. The van der Waals surface area contributed by atoms with Gasteiger partial charge in [0, 0.05) is 0 Å². The predicted octanol–water partition coefficient (Wildman–Crippen LogP) is 0.550. The summed E-state index contributed by atoms with van der Waals surface area (Å²) in [5.74, 6) is -3.86. The van der Waals surface area contributed by atoms with E-state index in [0.29, 0.717) is 11.5 Å². The van der Waals surface area contributed by atoms with E-state index in [1.54, 1.807) is 12.1 Å². The minimum absolute atomic E-state index is 0.190. The van der Waals surface area contributed by atoms with Gasteiger partial charge in [0.1, 0.15) is 0 Å². The Hall–Kier alpha value is -2.70. The lowest BCUT2D eigenvalue weighted by molar-refractivity contribution is -0.171. The molecular weight excluding hydrogens is 278 g/mol. The van der Waals surface area contributed by atoms with Crippen LogP contribution in [0, 0.1) is 11.8 Å². The van der Waals surface area contributed by atoms with Crippen molar-refractivity contribution in [3.63, 3.8) is 0 Å². The van der Waals surface area contributed by atoms with Crippen molar-refractivity contribution in [2.24, 2.45) is 11.8 Å². The molecule has 7 nitrogen and oxygen atoms in total. The van der Waals surface area contributed by atoms with Crippen LogP contribution >= 0.6 is 0 Å². The van der Waals surface area contributed by atoms with Gasteiger partial charge in [-0.2, -0.15) is 0 Å². The largest absolute Gasteiger partial charge is 0.469 e. The fraction of sp³-hybridized carbons (Fsp3) is 0.286. The molecule has 108 valence electrons. The van der Waals surface area contributed by atoms with Gasteiger partial charge >= 0.3 is 11.9 Å². The van der Waals surface area contributed by atoms with Gasteiger partial charge in [-0.1, -0.05) is 17.2 Å². The average Bonchev–Trinajstić information content (AvgIpc) is 3.27. The van der Waals surface area contributed by atoms with E-state index in [9.17, 15) is 19.2 Å². The second-order valence-electron chi connectivity index (χ2n) is 4.83. The quantitative estimate of drug-likeness (QED) is 0.596. The van der Waals surface area contributed by atoms with Crippen molar-refractivity contribution in [3.8, 4) is 0 Å². The number of esters is 1. The Labute approximate surface area is 119 Å². The predicted molar refractivity (Wildman–Crippen MR) is 66.6 cm³/mol. The molecule has 1 aromatic rings. The number of fused-ring (bicyclic) bond motifs is 1. The van der Waals surface area contributed by atoms with E-state index in [4.69, 9.17) is 4.84 Å². The maximum absolute atomic E-state index is 12.0. The van der Waals surface area contributed by atoms with Crippen molar-refractivity contribution >= 4 is 23.8 Å². The number of carbonyl (C=O) groups is 4. The van der Waals surface area contributed by atoms with Crippen LogP contribution in [0.4, 0.5) is 0 Å². The molecule has 1 fully saturated rings. The first-order valence-electron chi connectivity index (χ1n) is 6.32. The molecule has 1 aliphatic heterocycles. The van der Waals surface area contributed by atoms with Crippen LogP contribution in [0.2, 0.25) is 0 Å². The zero-order valence-electron chi connectivity index (χ0n) is 11.1. The summed E-state index contributed by atoms with van der Waals surface area (Å²) in [6, 6.07) is 6.20. The van der Waals surface area contributed by atoms with Crippen molar-refractivity contribution in [2.45, 2.75) is 6.42 Å². The Bertz CT molecular complexity index is 632. The smallest absolute Gasteiger partial charge is 0.337 e. The Kier molecular flexibility index (Phi) is 2.97. The van der Waals surface area contributed by atoms with E-state index in [-0.39, 0.29) is 11.1 Å². The van der Waals surface area contributed by atoms with Crippen LogP contribution < -0.4 is 0 Å². The molecule has 0 radical (unpaired) electrons. The van der Waals surface area contributed by atoms with Gasteiger partial charge in [-0.15, -0.1) is 0 Å². The number of hydrogen-bond donors (Lipinski definition) is 0. The van der Waals surface area contributed by atoms with Crippen LogP contribution in [-0.4, -0.2) is 35.9 Å². The van der Waals surface area contributed by atoms with E-state index in [1.807, 2.05) is 0 Å². The van der Waals surface area contributed by atoms with Crippen LogP contribution in [0.3, 0.4) is 0 Å². The Morgan fingerprint density at radius 2 is 1.57 bits per heavy atom. The van der Waals surface area contributed by atoms with Crippen molar-refractivity contribution in [1.82, 2.24) is 5.06 Å². The highest BCUT2D eigenvalue weighted by molar-refractivity contribution is 6.20. The fourth-order valence-corrected chi connectivity index (χ4v) is 2.28. The number of amides is 2. The number of methoxy groups -OCH3 is 1. The summed E-state index contributed by atoms with van der Waals surface area (Å²) in [5, 5.41) is 0.444. The number of hydrogen-bond acceptors (Lipinski definition) is 6. The monoisotopic (exact) mass is 289 g/mol. The highest BCUT2D eigenvalue weighted by atomic mass is 16.7. The van der Waals surface area contributed by atoms with Gasteiger partial charge in [0.2, 0.25) is 0 Å². The molecule has 7 heteroatoms. The number of ether oxygens (including phenoxy) is 1. The minimum atomic E-state index is -0.778. The van der Waals surface area contributed by atoms with Crippen molar-refractivity contribution in [2.75, 3.05) is 7.11 Å². The van der Waals surface area contributed by atoms with E-state index >= 15 is 0 Å². The summed E-state index contributed by atoms with van der Waals surface area (Å²) in [6.07, 6.45) is 0.300. The van der Waals surface area contributed by atoms with Gasteiger partial charge in [-0.3, -0.25) is 14.4 Å². The number of imide groups is 1. The van der Waals surface area contributed by atoms with E-state index < -0.39 is 35.6 Å². The highest BCUT2D eigenvalue weighted by Crippen LogP contribution is 2.40. The maximum atomic E-state index is 12.0. The van der Waals surface area contributed by atoms with Gasteiger partial charge in [-0.05, 0) is 18.6 Å². The van der Waals surface area contributed by atoms with Crippen molar-refractivity contribution in [1.29, 1.82) is 0 Å². The molecule has 2 atom stereocenters. The lowest BCUT2D eigenvalue weighted by Gasteiger charge is -2.12. The molecule has 2 aliphatic rings. The fourth-order valence-electron chi connectivity index (χ4n) is 2.28. The molecule has 1 saturated carbocycles. The lowest BCUT2D eigenvalue weighted by atomic mass is 10.1. The second kappa shape index (κ2) is 4.69. The molecular formula is C14H11NO6. The zero-order chi connectivity index (χ0) is 15.1. The van der Waals surface area contributed by atoms with Crippen LogP contribution in [0.15, 0.2) is 24.3 Å². The SMILES string of the molecule is COC(=O)[C@H]1C[C@H]1C(=O)ON1C(=O)c2ccccc2C1=O. The van der Waals surface area contributed by atoms with Crippen molar-refractivity contribution in [3.05, 3.63) is 35.4 Å². The Balaban J connectivity index is 1.70. The number of hydroxylamine groups is 2. The molecule has 3 rings (SSSR count). The molecule has 1 aromatic carbocycles. The van der Waals surface area contributed by atoms with Gasteiger partial charge < -0.3 is 9.57 Å². The first-order chi connectivity index (χ1) is 10.0. The topological polar surface area (TPSA) is 90.0 Å². The maximum Gasteiger partial charge on any atom is 0.337 e. The molecule has 2 amide bonds. The summed E-state index contributed by atoms with van der Waals surface area (Å²) in [7, 11) is 1.23. The molecule has 21 heavy (non-hydrogen) atoms. The van der Waals surface area contributed by atoms with Crippen LogP contribution in [0.5, 0.6) is 0 Å². The zero-order valence-corrected chi connectivity index (χ0v) is 11.1. The molecule has 0 N–H and O–H groups in total. The summed E-state index contributed by atoms with van der Waals surface area (Å²) < 4.78 is 4.52. The second-order valence-corrected chi connectivity index (χ2v) is 4.83. The third-order valence-corrected chi connectivity index (χ3v) is 3.54. The Morgan fingerprint density at radius 3 is 2.10 bits per heavy atom. The number of nitrogens with zero attached hydrogens (tertiary/aromatic N) is 1. The summed E-state index contributed by atoms with van der Waals surface area (Å²) >= 11 is 0. The molecule has 1 aliphatic carbocycles. The van der Waals surface area contributed by atoms with Gasteiger partial charge in [0.25, 0.3) is 11.8 Å². The first-order valence-corrected chi connectivity index (χ1v) is 6.32. The Morgan fingerprint density at radius 1 is 1.05 bits per heavy atom. The van der Waals surface area contributed by atoms with Crippen LogP contribution in [0.1, 0.15) is 27.1 Å². The van der Waals surface area contributed by atoms with E-state index in [2.05, 4.69) is 4.74 Å². The normalized spacial score (nSPS) is 22.8. The van der Waals surface area contributed by atoms with E-state index in [0.717, 1.165) is 0 Å². The molecule has 0 saturated heterocycles.